The Kier molecular flexibility index (Phi) is 4.33. The van der Waals surface area contributed by atoms with Gasteiger partial charge in [0.25, 0.3) is 0 Å². The van der Waals surface area contributed by atoms with Crippen LogP contribution < -0.4 is 5.73 Å². The van der Waals surface area contributed by atoms with Crippen LogP contribution >= 0.6 is 0 Å². The molecule has 1 aromatic carbocycles. The fourth-order valence-electron chi connectivity index (χ4n) is 2.03. The monoisotopic (exact) mass is 304 g/mol. The summed E-state index contributed by atoms with van der Waals surface area (Å²) in [6, 6.07) is 9.26. The number of rotatable bonds is 4. The standard InChI is InChI=1S/C17H21FN2O2/c1-16(2,21)12-8-14(11-4-6-13(18)7-5-11)20-15(9-12)17(3,22)10-19/h4-9,21-22H,10,19H2,1-3H3. The van der Waals surface area contributed by atoms with Crippen molar-refractivity contribution in [3.8, 4) is 11.3 Å². The normalized spacial score (nSPS) is 14.7. The fourth-order valence-corrected chi connectivity index (χ4v) is 2.03. The van der Waals surface area contributed by atoms with Crippen LogP contribution in [0.25, 0.3) is 11.3 Å². The second-order valence-electron chi connectivity index (χ2n) is 6.17. The average molecular weight is 304 g/mol. The van der Waals surface area contributed by atoms with Gasteiger partial charge in [-0.2, -0.15) is 0 Å². The first-order valence-electron chi connectivity index (χ1n) is 7.07. The zero-order valence-electron chi connectivity index (χ0n) is 13.0. The molecule has 4 N–H and O–H groups in total. The van der Waals surface area contributed by atoms with Crippen molar-refractivity contribution in [2.45, 2.75) is 32.0 Å². The molecule has 1 heterocycles. The molecule has 22 heavy (non-hydrogen) atoms. The van der Waals surface area contributed by atoms with Crippen LogP contribution in [0.3, 0.4) is 0 Å². The third-order valence-corrected chi connectivity index (χ3v) is 3.62. The summed E-state index contributed by atoms with van der Waals surface area (Å²) in [5, 5.41) is 20.6. The first-order valence-corrected chi connectivity index (χ1v) is 7.07. The smallest absolute Gasteiger partial charge is 0.123 e. The largest absolute Gasteiger partial charge is 0.386 e. The first kappa shape index (κ1) is 16.5. The molecule has 1 aromatic heterocycles. The molecule has 0 saturated heterocycles. The van der Waals surface area contributed by atoms with Gasteiger partial charge in [0, 0.05) is 12.1 Å². The molecule has 0 amide bonds. The summed E-state index contributed by atoms with van der Waals surface area (Å²) in [6.07, 6.45) is 0. The number of halogens is 1. The maximum absolute atomic E-state index is 13.1. The molecule has 0 aliphatic heterocycles. The summed E-state index contributed by atoms with van der Waals surface area (Å²) in [5.74, 6) is -0.337. The van der Waals surface area contributed by atoms with Crippen molar-refractivity contribution in [2.75, 3.05) is 6.54 Å². The van der Waals surface area contributed by atoms with Crippen LogP contribution in [0.2, 0.25) is 0 Å². The second kappa shape index (κ2) is 5.76. The number of benzene rings is 1. The van der Waals surface area contributed by atoms with Gasteiger partial charge in [-0.05, 0) is 62.7 Å². The fraction of sp³-hybridized carbons (Fsp3) is 0.353. The molecule has 1 unspecified atom stereocenters. The van der Waals surface area contributed by atoms with Gasteiger partial charge in [0.15, 0.2) is 0 Å². The molecule has 4 nitrogen and oxygen atoms in total. The zero-order chi connectivity index (χ0) is 16.5. The molecule has 0 aliphatic carbocycles. The van der Waals surface area contributed by atoms with Gasteiger partial charge in [0.2, 0.25) is 0 Å². The number of nitrogens with zero attached hydrogens (tertiary/aromatic N) is 1. The lowest BCUT2D eigenvalue weighted by Gasteiger charge is -2.25. The van der Waals surface area contributed by atoms with E-state index in [9.17, 15) is 14.6 Å². The van der Waals surface area contributed by atoms with Crippen LogP contribution in [-0.4, -0.2) is 21.7 Å². The maximum Gasteiger partial charge on any atom is 0.123 e. The van der Waals surface area contributed by atoms with Crippen LogP contribution in [0.1, 0.15) is 32.0 Å². The Hall–Kier alpha value is -1.82. The van der Waals surface area contributed by atoms with Crippen molar-refractivity contribution in [3.63, 3.8) is 0 Å². The van der Waals surface area contributed by atoms with Crippen molar-refractivity contribution < 1.29 is 14.6 Å². The van der Waals surface area contributed by atoms with Gasteiger partial charge in [-0.1, -0.05) is 0 Å². The Bertz CT molecular complexity index is 661. The highest BCUT2D eigenvalue weighted by Gasteiger charge is 2.27. The van der Waals surface area contributed by atoms with E-state index < -0.39 is 11.2 Å². The van der Waals surface area contributed by atoms with Crippen molar-refractivity contribution in [3.05, 3.63) is 53.5 Å². The van der Waals surface area contributed by atoms with Crippen molar-refractivity contribution in [1.82, 2.24) is 4.98 Å². The zero-order valence-corrected chi connectivity index (χ0v) is 13.0. The van der Waals surface area contributed by atoms with E-state index in [0.717, 1.165) is 0 Å². The molecule has 1 atom stereocenters. The van der Waals surface area contributed by atoms with Gasteiger partial charge >= 0.3 is 0 Å². The van der Waals surface area contributed by atoms with Crippen LogP contribution in [0, 0.1) is 5.82 Å². The Morgan fingerprint density at radius 3 is 2.18 bits per heavy atom. The molecule has 0 aliphatic rings. The topological polar surface area (TPSA) is 79.4 Å². The van der Waals surface area contributed by atoms with E-state index in [-0.39, 0.29) is 12.4 Å². The van der Waals surface area contributed by atoms with Crippen LogP contribution in [-0.2, 0) is 11.2 Å². The second-order valence-corrected chi connectivity index (χ2v) is 6.17. The third-order valence-electron chi connectivity index (χ3n) is 3.62. The minimum absolute atomic E-state index is 0.00182. The van der Waals surface area contributed by atoms with E-state index in [2.05, 4.69) is 4.98 Å². The van der Waals surface area contributed by atoms with E-state index in [1.54, 1.807) is 45.0 Å². The van der Waals surface area contributed by atoms with E-state index in [1.165, 1.54) is 12.1 Å². The predicted octanol–water partition coefficient (Wildman–Crippen LogP) is 2.28. The van der Waals surface area contributed by atoms with Crippen molar-refractivity contribution in [2.24, 2.45) is 5.73 Å². The molecule has 118 valence electrons. The highest BCUT2D eigenvalue weighted by atomic mass is 19.1. The van der Waals surface area contributed by atoms with Gasteiger partial charge in [-0.3, -0.25) is 0 Å². The van der Waals surface area contributed by atoms with Crippen LogP contribution in [0.15, 0.2) is 36.4 Å². The number of nitrogens with two attached hydrogens (primary N) is 1. The van der Waals surface area contributed by atoms with Gasteiger partial charge in [-0.15, -0.1) is 0 Å². The lowest BCUT2D eigenvalue weighted by molar-refractivity contribution is 0.0595. The van der Waals surface area contributed by atoms with Gasteiger partial charge in [0.1, 0.15) is 11.4 Å². The van der Waals surface area contributed by atoms with Gasteiger partial charge < -0.3 is 15.9 Å². The van der Waals surface area contributed by atoms with Crippen LogP contribution in [0.5, 0.6) is 0 Å². The van der Waals surface area contributed by atoms with Crippen molar-refractivity contribution in [1.29, 1.82) is 0 Å². The Balaban J connectivity index is 2.63. The molecule has 0 fully saturated rings. The number of pyridine rings is 1. The highest BCUT2D eigenvalue weighted by molar-refractivity contribution is 5.60. The van der Waals surface area contributed by atoms with Crippen molar-refractivity contribution >= 4 is 0 Å². The SMILES string of the molecule is CC(C)(O)c1cc(-c2ccc(F)cc2)nc(C(C)(O)CN)c1. The summed E-state index contributed by atoms with van der Waals surface area (Å²) in [7, 11) is 0. The quantitative estimate of drug-likeness (QED) is 0.809. The molecular formula is C17H21FN2O2. The van der Waals surface area contributed by atoms with E-state index in [1.807, 2.05) is 0 Å². The van der Waals surface area contributed by atoms with E-state index in [4.69, 9.17) is 5.73 Å². The first-order chi connectivity index (χ1) is 10.1. The van der Waals surface area contributed by atoms with Gasteiger partial charge in [0.05, 0.1) is 17.0 Å². The summed E-state index contributed by atoms with van der Waals surface area (Å²) in [6.45, 7) is 4.87. The molecule has 0 radical (unpaired) electrons. The van der Waals surface area contributed by atoms with E-state index in [0.29, 0.717) is 22.5 Å². The third kappa shape index (κ3) is 3.50. The summed E-state index contributed by atoms with van der Waals surface area (Å²) >= 11 is 0. The molecule has 2 rings (SSSR count). The number of aliphatic hydroxyl groups is 2. The molecule has 0 bridgehead atoms. The van der Waals surface area contributed by atoms with Crippen LogP contribution in [0.4, 0.5) is 4.39 Å². The number of hydrogen-bond acceptors (Lipinski definition) is 4. The average Bonchev–Trinajstić information content (AvgIpc) is 2.46. The summed E-state index contributed by atoms with van der Waals surface area (Å²) < 4.78 is 13.1. The predicted molar refractivity (Wildman–Crippen MR) is 83.5 cm³/mol. The Morgan fingerprint density at radius 1 is 1.09 bits per heavy atom. The Labute approximate surface area is 129 Å². The molecule has 2 aromatic rings. The summed E-state index contributed by atoms with van der Waals surface area (Å²) in [5.41, 5.74) is 5.41. The van der Waals surface area contributed by atoms with Gasteiger partial charge in [-0.25, -0.2) is 9.37 Å². The lowest BCUT2D eigenvalue weighted by atomic mass is 9.92. The minimum atomic E-state index is -1.31. The molecule has 0 saturated carbocycles. The highest BCUT2D eigenvalue weighted by Crippen LogP contribution is 2.29. The Morgan fingerprint density at radius 2 is 1.68 bits per heavy atom. The van der Waals surface area contributed by atoms with E-state index >= 15 is 0 Å². The minimum Gasteiger partial charge on any atom is -0.386 e. The molecular weight excluding hydrogens is 283 g/mol. The molecule has 0 spiro atoms. The summed E-state index contributed by atoms with van der Waals surface area (Å²) in [4.78, 5) is 4.43. The lowest BCUT2D eigenvalue weighted by Crippen LogP contribution is -2.33. The maximum atomic E-state index is 13.1. The molecule has 5 heteroatoms. The number of aromatic nitrogens is 1. The number of hydrogen-bond donors (Lipinski definition) is 3.